The highest BCUT2D eigenvalue weighted by Crippen LogP contribution is 2.19. The summed E-state index contributed by atoms with van der Waals surface area (Å²) in [6.45, 7) is 7.77. The van der Waals surface area contributed by atoms with Crippen molar-refractivity contribution in [2.75, 3.05) is 0 Å². The van der Waals surface area contributed by atoms with Crippen molar-refractivity contribution in [3.8, 4) is 0 Å². The molecule has 1 rings (SSSR count). The molecule has 1 aromatic rings. The van der Waals surface area contributed by atoms with Crippen molar-refractivity contribution in [1.82, 2.24) is 9.97 Å². The zero-order valence-electron chi connectivity index (χ0n) is 11.1. The molecule has 0 radical (unpaired) electrons. The second-order valence-corrected chi connectivity index (χ2v) is 7.59. The van der Waals surface area contributed by atoms with Gasteiger partial charge >= 0.3 is 0 Å². The van der Waals surface area contributed by atoms with Crippen LogP contribution in [-0.2, 0) is 11.4 Å². The van der Waals surface area contributed by atoms with Crippen LogP contribution in [-0.4, -0.2) is 25.0 Å². The quantitative estimate of drug-likeness (QED) is 0.628. The maximum absolute atomic E-state index is 12.1. The Bertz CT molecular complexity index is 432. The number of aromatic nitrogens is 2. The van der Waals surface area contributed by atoms with Crippen LogP contribution >= 0.6 is 15.9 Å². The fourth-order valence-corrected chi connectivity index (χ4v) is 2.14. The predicted octanol–water partition coefficient (Wildman–Crippen LogP) is 3.29. The van der Waals surface area contributed by atoms with Crippen LogP contribution < -0.4 is 0 Å². The molecule has 1 heterocycles. The monoisotopic (exact) mass is 331 g/mol. The Morgan fingerprint density at radius 3 is 2.61 bits per heavy atom. The molecule has 0 fully saturated rings. The number of hydrogen-bond acceptors (Lipinski definition) is 4. The van der Waals surface area contributed by atoms with Gasteiger partial charge in [0, 0.05) is 0 Å². The Morgan fingerprint density at radius 1 is 1.44 bits per heavy atom. The lowest BCUT2D eigenvalue weighted by Gasteiger charge is -2.19. The van der Waals surface area contributed by atoms with Gasteiger partial charge in [-0.1, -0.05) is 17.7 Å². The first-order chi connectivity index (χ1) is 8.34. The summed E-state index contributed by atoms with van der Waals surface area (Å²) in [7, 11) is 0. The average molecular weight is 332 g/mol. The molecule has 0 spiro atoms. The molecule has 0 aliphatic carbocycles. The third-order valence-corrected chi connectivity index (χ3v) is 3.92. The number of nitrogens with zero attached hydrogens (tertiary/aromatic N) is 3. The molecular formula is C12H18BrN3OS. The number of rotatable bonds is 4. The first kappa shape index (κ1) is 15.6. The average Bonchev–Trinajstić information content (AvgIpc) is 2.27. The van der Waals surface area contributed by atoms with Crippen molar-refractivity contribution >= 4 is 33.0 Å². The van der Waals surface area contributed by atoms with E-state index in [0.29, 0.717) is 10.3 Å². The minimum absolute atomic E-state index is 0.363. The van der Waals surface area contributed by atoms with Crippen LogP contribution in [0, 0.1) is 0 Å². The molecule has 6 heteroatoms. The fraction of sp³-hybridized carbons (Fsp3) is 0.583. The highest BCUT2D eigenvalue weighted by Gasteiger charge is 2.27. The summed E-state index contributed by atoms with van der Waals surface area (Å²) in [5.74, 6) is 0. The van der Waals surface area contributed by atoms with E-state index in [0.717, 1.165) is 18.6 Å². The van der Waals surface area contributed by atoms with Crippen molar-refractivity contribution in [3.63, 3.8) is 0 Å². The zero-order chi connectivity index (χ0) is 13.8. The lowest BCUT2D eigenvalue weighted by Crippen LogP contribution is -2.27. The van der Waals surface area contributed by atoms with Crippen LogP contribution in [0.4, 0.5) is 0 Å². The van der Waals surface area contributed by atoms with E-state index in [1.165, 1.54) is 0 Å². The van der Waals surface area contributed by atoms with Crippen LogP contribution in [0.25, 0.3) is 0 Å². The van der Waals surface area contributed by atoms with Gasteiger partial charge in [0.1, 0.15) is 32.1 Å². The molecule has 0 aliphatic rings. The molecule has 0 saturated carbocycles. The third-order valence-electron chi connectivity index (χ3n) is 2.10. The molecule has 0 amide bonds. The summed E-state index contributed by atoms with van der Waals surface area (Å²) in [5, 5.41) is 0. The molecule has 0 N–H and O–H groups in total. The van der Waals surface area contributed by atoms with E-state index in [-0.39, 0.29) is 4.75 Å². The van der Waals surface area contributed by atoms with Gasteiger partial charge in [-0.05, 0) is 43.1 Å². The third kappa shape index (κ3) is 4.66. The Balaban J connectivity index is 3.06. The smallest absolute Gasteiger partial charge is 0.144 e. The summed E-state index contributed by atoms with van der Waals surface area (Å²) in [5.41, 5.74) is 1.43. The molecule has 1 aromatic heterocycles. The van der Waals surface area contributed by atoms with Gasteiger partial charge in [0.15, 0.2) is 0 Å². The standard InChI is InChI=1S/C12H18BrN3OS/c1-5-6-9(16-18(17)12(2,3)4)10-7-14-8-11(13)15-10/h7-8H,5-6H2,1-4H3. The van der Waals surface area contributed by atoms with Gasteiger partial charge < -0.3 is 4.55 Å². The molecule has 0 saturated heterocycles. The Hall–Kier alpha value is -0.460. The maximum atomic E-state index is 12.1. The van der Waals surface area contributed by atoms with Crippen molar-refractivity contribution < 1.29 is 4.55 Å². The van der Waals surface area contributed by atoms with E-state index in [1.54, 1.807) is 12.4 Å². The van der Waals surface area contributed by atoms with Gasteiger partial charge in [0.25, 0.3) is 0 Å². The van der Waals surface area contributed by atoms with E-state index >= 15 is 0 Å². The first-order valence-electron chi connectivity index (χ1n) is 5.82. The van der Waals surface area contributed by atoms with E-state index in [9.17, 15) is 4.55 Å². The first-order valence-corrected chi connectivity index (χ1v) is 7.72. The minimum atomic E-state index is -1.27. The predicted molar refractivity (Wildman–Crippen MR) is 79.1 cm³/mol. The fourth-order valence-electron chi connectivity index (χ4n) is 1.18. The molecule has 18 heavy (non-hydrogen) atoms. The van der Waals surface area contributed by atoms with Gasteiger partial charge in [0.05, 0.1) is 12.4 Å². The molecule has 100 valence electrons. The molecule has 0 aliphatic heterocycles. The van der Waals surface area contributed by atoms with Gasteiger partial charge in [-0.15, -0.1) is 0 Å². The van der Waals surface area contributed by atoms with E-state index in [1.807, 2.05) is 20.8 Å². The number of halogens is 1. The van der Waals surface area contributed by atoms with Crippen molar-refractivity contribution in [2.45, 2.75) is 45.3 Å². The van der Waals surface area contributed by atoms with Crippen LogP contribution in [0.15, 0.2) is 21.4 Å². The molecule has 0 aromatic carbocycles. The maximum Gasteiger partial charge on any atom is 0.144 e. The molecule has 1 atom stereocenters. The van der Waals surface area contributed by atoms with E-state index in [4.69, 9.17) is 0 Å². The molecule has 0 bridgehead atoms. The molecule has 1 unspecified atom stereocenters. The summed E-state index contributed by atoms with van der Waals surface area (Å²) >= 11 is 2.01. The van der Waals surface area contributed by atoms with Crippen molar-refractivity contribution in [2.24, 2.45) is 4.40 Å². The minimum Gasteiger partial charge on any atom is -0.591 e. The van der Waals surface area contributed by atoms with Crippen molar-refractivity contribution in [3.05, 3.63) is 22.7 Å². The normalized spacial score (nSPS) is 14.7. The Kier molecular flexibility index (Phi) is 5.75. The Morgan fingerprint density at radius 2 is 2.11 bits per heavy atom. The molecular weight excluding hydrogens is 314 g/mol. The van der Waals surface area contributed by atoms with E-state index in [2.05, 4.69) is 37.2 Å². The van der Waals surface area contributed by atoms with Gasteiger partial charge in [-0.3, -0.25) is 4.98 Å². The highest BCUT2D eigenvalue weighted by atomic mass is 79.9. The zero-order valence-corrected chi connectivity index (χ0v) is 13.5. The Labute approximate surface area is 120 Å². The van der Waals surface area contributed by atoms with Crippen molar-refractivity contribution in [1.29, 1.82) is 0 Å². The second-order valence-electron chi connectivity index (χ2n) is 4.88. The lowest BCUT2D eigenvalue weighted by molar-refractivity contribution is 0.561. The summed E-state index contributed by atoms with van der Waals surface area (Å²) in [6, 6.07) is 0. The number of hydrogen-bond donors (Lipinski definition) is 0. The second kappa shape index (κ2) is 6.63. The van der Waals surface area contributed by atoms with Crippen LogP contribution in [0.5, 0.6) is 0 Å². The largest absolute Gasteiger partial charge is 0.591 e. The highest BCUT2D eigenvalue weighted by molar-refractivity contribution is 9.10. The van der Waals surface area contributed by atoms with Gasteiger partial charge in [-0.25, -0.2) is 4.98 Å². The van der Waals surface area contributed by atoms with Crippen LogP contribution in [0.1, 0.15) is 46.2 Å². The summed E-state index contributed by atoms with van der Waals surface area (Å²) in [4.78, 5) is 8.38. The lowest BCUT2D eigenvalue weighted by atomic mass is 10.2. The van der Waals surface area contributed by atoms with Crippen LogP contribution in [0.2, 0.25) is 0 Å². The van der Waals surface area contributed by atoms with Gasteiger partial charge in [-0.2, -0.15) is 0 Å². The van der Waals surface area contributed by atoms with Crippen LogP contribution in [0.3, 0.4) is 0 Å². The van der Waals surface area contributed by atoms with E-state index < -0.39 is 11.4 Å². The summed E-state index contributed by atoms with van der Waals surface area (Å²) < 4.78 is 16.7. The van der Waals surface area contributed by atoms with Gasteiger partial charge in [0.2, 0.25) is 0 Å². The summed E-state index contributed by atoms with van der Waals surface area (Å²) in [6.07, 6.45) is 4.94. The molecule has 4 nitrogen and oxygen atoms in total. The topological polar surface area (TPSA) is 61.2 Å². The SMILES string of the molecule is CCCC(=N[S+]([O-])C(C)(C)C)c1cncc(Br)n1.